The molecule has 2 amide bonds. The molecule has 0 bridgehead atoms. The van der Waals surface area contributed by atoms with Crippen LogP contribution < -0.4 is 10.6 Å². The number of urea groups is 1. The van der Waals surface area contributed by atoms with Gasteiger partial charge >= 0.3 is 6.03 Å². The van der Waals surface area contributed by atoms with Crippen molar-refractivity contribution in [3.63, 3.8) is 0 Å². The van der Waals surface area contributed by atoms with Gasteiger partial charge in [0.15, 0.2) is 0 Å². The predicted octanol–water partition coefficient (Wildman–Crippen LogP) is 2.96. The molecule has 0 saturated carbocycles. The van der Waals surface area contributed by atoms with Crippen molar-refractivity contribution in [3.05, 3.63) is 39.7 Å². The van der Waals surface area contributed by atoms with Gasteiger partial charge in [-0.25, -0.2) is 9.78 Å². The van der Waals surface area contributed by atoms with E-state index in [1.54, 1.807) is 11.3 Å². The minimum atomic E-state index is -0.196. The minimum Gasteiger partial charge on any atom is -0.464 e. The topological polar surface area (TPSA) is 67.2 Å². The highest BCUT2D eigenvalue weighted by Crippen LogP contribution is 2.15. The Bertz CT molecular complexity index is 576. The number of thiazole rings is 1. The average Bonchev–Trinajstić information content (AvgIpc) is 2.98. The lowest BCUT2D eigenvalue weighted by Crippen LogP contribution is -2.37. The quantitative estimate of drug-likeness (QED) is 0.890. The smallest absolute Gasteiger partial charge is 0.315 e. The molecule has 1 atom stereocenters. The van der Waals surface area contributed by atoms with E-state index in [4.69, 9.17) is 4.42 Å². The summed E-state index contributed by atoms with van der Waals surface area (Å²) in [6.45, 7) is 6.31. The molecule has 2 aromatic heterocycles. The Balaban J connectivity index is 1.72. The van der Waals surface area contributed by atoms with E-state index in [0.29, 0.717) is 6.54 Å². The van der Waals surface area contributed by atoms with Crippen molar-refractivity contribution in [2.24, 2.45) is 0 Å². The van der Waals surface area contributed by atoms with E-state index in [-0.39, 0.29) is 12.1 Å². The van der Waals surface area contributed by atoms with Gasteiger partial charge in [0, 0.05) is 18.3 Å². The first-order valence-corrected chi connectivity index (χ1v) is 7.44. The Morgan fingerprint density at radius 3 is 2.85 bits per heavy atom. The molecule has 2 aromatic rings. The van der Waals surface area contributed by atoms with Crippen LogP contribution in [-0.2, 0) is 6.42 Å². The van der Waals surface area contributed by atoms with E-state index in [1.165, 1.54) is 0 Å². The van der Waals surface area contributed by atoms with Crippen LogP contribution in [0.2, 0.25) is 0 Å². The summed E-state index contributed by atoms with van der Waals surface area (Å²) in [6.07, 6.45) is 0.742. The summed E-state index contributed by atoms with van der Waals surface area (Å²) < 4.78 is 5.47. The van der Waals surface area contributed by atoms with Gasteiger partial charge in [-0.3, -0.25) is 0 Å². The molecule has 0 radical (unpaired) electrons. The molecule has 1 unspecified atom stereocenters. The summed E-state index contributed by atoms with van der Waals surface area (Å²) in [4.78, 5) is 16.1. The van der Waals surface area contributed by atoms with Gasteiger partial charge in [0.1, 0.15) is 11.5 Å². The molecule has 2 N–H and O–H groups in total. The molecular weight excluding hydrogens is 274 g/mol. The average molecular weight is 293 g/mol. The molecule has 20 heavy (non-hydrogen) atoms. The number of aryl methyl sites for hydroxylation is 2. The molecule has 0 saturated heterocycles. The van der Waals surface area contributed by atoms with E-state index in [0.717, 1.165) is 28.6 Å². The lowest BCUT2D eigenvalue weighted by Gasteiger charge is -2.12. The third kappa shape index (κ3) is 4.09. The fourth-order valence-corrected chi connectivity index (χ4v) is 2.48. The summed E-state index contributed by atoms with van der Waals surface area (Å²) in [5, 5.41) is 8.72. The fourth-order valence-electron chi connectivity index (χ4n) is 1.83. The van der Waals surface area contributed by atoms with Crippen molar-refractivity contribution < 1.29 is 9.21 Å². The molecule has 0 fully saturated rings. The van der Waals surface area contributed by atoms with Crippen LogP contribution in [0.25, 0.3) is 0 Å². The first-order chi connectivity index (χ1) is 9.54. The van der Waals surface area contributed by atoms with Gasteiger partial charge in [-0.1, -0.05) is 0 Å². The normalized spacial score (nSPS) is 12.2. The first kappa shape index (κ1) is 14.6. The number of aromatic nitrogens is 1. The SMILES string of the molecule is Cc1ccc(C(C)NC(=O)NCCc2csc(C)n2)o1. The summed E-state index contributed by atoms with van der Waals surface area (Å²) in [5.74, 6) is 1.60. The zero-order chi connectivity index (χ0) is 14.5. The molecule has 0 spiro atoms. The molecule has 0 aromatic carbocycles. The minimum absolute atomic E-state index is 0.148. The van der Waals surface area contributed by atoms with Crippen LogP contribution in [0.5, 0.6) is 0 Å². The Morgan fingerprint density at radius 2 is 2.25 bits per heavy atom. The van der Waals surface area contributed by atoms with E-state index >= 15 is 0 Å². The molecule has 5 nitrogen and oxygen atoms in total. The van der Waals surface area contributed by atoms with E-state index in [1.807, 2.05) is 38.3 Å². The van der Waals surface area contributed by atoms with E-state index in [9.17, 15) is 4.79 Å². The Kier molecular flexibility index (Phi) is 4.79. The highest BCUT2D eigenvalue weighted by molar-refractivity contribution is 7.09. The summed E-state index contributed by atoms with van der Waals surface area (Å²) in [7, 11) is 0. The molecule has 2 rings (SSSR count). The van der Waals surface area contributed by atoms with Crippen molar-refractivity contribution in [1.29, 1.82) is 0 Å². The molecule has 6 heteroatoms. The van der Waals surface area contributed by atoms with Crippen molar-refractivity contribution >= 4 is 17.4 Å². The summed E-state index contributed by atoms with van der Waals surface area (Å²) >= 11 is 1.62. The maximum atomic E-state index is 11.7. The first-order valence-electron chi connectivity index (χ1n) is 6.56. The number of carbonyl (C=O) groups is 1. The number of furan rings is 1. The van der Waals surface area contributed by atoms with Gasteiger partial charge in [-0.05, 0) is 32.9 Å². The summed E-state index contributed by atoms with van der Waals surface area (Å²) in [6, 6.07) is 3.41. The van der Waals surface area contributed by atoms with Crippen molar-refractivity contribution in [1.82, 2.24) is 15.6 Å². The standard InChI is InChI=1S/C14H19N3O2S/c1-9-4-5-13(19-9)10(2)16-14(18)15-7-6-12-8-20-11(3)17-12/h4-5,8,10H,6-7H2,1-3H3,(H2,15,16,18). The second kappa shape index (κ2) is 6.56. The zero-order valence-electron chi connectivity index (χ0n) is 11.9. The number of amides is 2. The second-order valence-corrected chi connectivity index (χ2v) is 5.74. The van der Waals surface area contributed by atoms with Crippen molar-refractivity contribution in [3.8, 4) is 0 Å². The van der Waals surface area contributed by atoms with Crippen LogP contribution in [0.15, 0.2) is 21.9 Å². The highest BCUT2D eigenvalue weighted by atomic mass is 32.1. The Hall–Kier alpha value is -1.82. The maximum Gasteiger partial charge on any atom is 0.315 e. The predicted molar refractivity (Wildman–Crippen MR) is 78.9 cm³/mol. The van der Waals surface area contributed by atoms with Crippen LogP contribution in [0.1, 0.15) is 35.2 Å². The third-order valence-electron chi connectivity index (χ3n) is 2.87. The van der Waals surface area contributed by atoms with Gasteiger partial charge in [-0.2, -0.15) is 0 Å². The van der Waals surface area contributed by atoms with Gasteiger partial charge in [0.05, 0.1) is 16.7 Å². The number of hydrogen-bond acceptors (Lipinski definition) is 4. The number of nitrogens with zero attached hydrogens (tertiary/aromatic N) is 1. The lowest BCUT2D eigenvalue weighted by atomic mass is 10.2. The molecule has 108 valence electrons. The largest absolute Gasteiger partial charge is 0.464 e. The number of carbonyl (C=O) groups excluding carboxylic acids is 1. The monoisotopic (exact) mass is 293 g/mol. The Labute approximate surface area is 122 Å². The molecule has 2 heterocycles. The lowest BCUT2D eigenvalue weighted by molar-refractivity contribution is 0.236. The molecule has 0 aliphatic carbocycles. The van der Waals surface area contributed by atoms with Gasteiger partial charge in [-0.15, -0.1) is 11.3 Å². The maximum absolute atomic E-state index is 11.7. The van der Waals surface area contributed by atoms with Crippen LogP contribution in [0.4, 0.5) is 4.79 Å². The zero-order valence-corrected chi connectivity index (χ0v) is 12.7. The molecule has 0 aliphatic heterocycles. The Morgan fingerprint density at radius 1 is 1.45 bits per heavy atom. The van der Waals surface area contributed by atoms with Crippen molar-refractivity contribution in [2.75, 3.05) is 6.54 Å². The van der Waals surface area contributed by atoms with Crippen LogP contribution in [-0.4, -0.2) is 17.6 Å². The van der Waals surface area contributed by atoms with Crippen LogP contribution >= 0.6 is 11.3 Å². The molecular formula is C14H19N3O2S. The fraction of sp³-hybridized carbons (Fsp3) is 0.429. The van der Waals surface area contributed by atoms with Crippen LogP contribution in [0, 0.1) is 13.8 Å². The van der Waals surface area contributed by atoms with Gasteiger partial charge in [0.2, 0.25) is 0 Å². The number of nitrogens with one attached hydrogen (secondary N) is 2. The number of hydrogen-bond donors (Lipinski definition) is 2. The van der Waals surface area contributed by atoms with Gasteiger partial charge < -0.3 is 15.1 Å². The number of rotatable bonds is 5. The summed E-state index contributed by atoms with van der Waals surface area (Å²) in [5.41, 5.74) is 1.02. The van der Waals surface area contributed by atoms with E-state index in [2.05, 4.69) is 15.6 Å². The third-order valence-corrected chi connectivity index (χ3v) is 3.69. The molecule has 0 aliphatic rings. The van der Waals surface area contributed by atoms with Crippen molar-refractivity contribution in [2.45, 2.75) is 33.2 Å². The van der Waals surface area contributed by atoms with E-state index < -0.39 is 0 Å². The second-order valence-electron chi connectivity index (χ2n) is 4.68. The highest BCUT2D eigenvalue weighted by Gasteiger charge is 2.12. The van der Waals surface area contributed by atoms with Gasteiger partial charge in [0.25, 0.3) is 0 Å². The van der Waals surface area contributed by atoms with Crippen LogP contribution in [0.3, 0.4) is 0 Å².